The minimum atomic E-state index is -0.990. The molecule has 0 aromatic heterocycles. The van der Waals surface area contributed by atoms with Crippen LogP contribution in [0.25, 0.3) is 0 Å². The second-order valence-corrected chi connectivity index (χ2v) is 13.3. The zero-order chi connectivity index (χ0) is 26.4. The Morgan fingerprint density at radius 3 is 2.43 bits per heavy atom. The Kier molecular flexibility index (Phi) is 5.43. The molecule has 3 aliphatic heterocycles. The smallest absolute Gasteiger partial charge is 0.237 e. The molecule has 5 nitrogen and oxygen atoms in total. The molecule has 7 rings (SSSR count). The topological polar surface area (TPSA) is 72.5 Å². The minimum Gasteiger partial charge on any atom is -0.490 e. The fraction of sp³-hybridized carbons (Fsp3) is 0.594. The van der Waals surface area contributed by atoms with Gasteiger partial charge in [0.05, 0.1) is 5.92 Å². The molecule has 196 valence electrons. The van der Waals surface area contributed by atoms with Crippen molar-refractivity contribution in [2.24, 2.45) is 58.2 Å². The van der Waals surface area contributed by atoms with Crippen molar-refractivity contribution in [3.63, 3.8) is 0 Å². The largest absolute Gasteiger partial charge is 0.490 e. The number of rotatable bonds is 1. The molecule has 0 unspecified atom stereocenters. The van der Waals surface area contributed by atoms with Crippen LogP contribution in [0, 0.1) is 58.2 Å². The van der Waals surface area contributed by atoms with Crippen LogP contribution in [0.1, 0.15) is 53.0 Å². The van der Waals surface area contributed by atoms with E-state index >= 15 is 0 Å². The maximum absolute atomic E-state index is 14.7. The summed E-state index contributed by atoms with van der Waals surface area (Å²) in [6, 6.07) is 7.95. The van der Waals surface area contributed by atoms with Gasteiger partial charge in [-0.25, -0.2) is 0 Å². The lowest BCUT2D eigenvalue weighted by atomic mass is 9.53. The predicted molar refractivity (Wildman–Crippen MR) is 141 cm³/mol. The minimum absolute atomic E-state index is 0.0265. The molecular formula is C32H39NO4. The van der Waals surface area contributed by atoms with Gasteiger partial charge in [0.25, 0.3) is 0 Å². The molecule has 5 heteroatoms. The van der Waals surface area contributed by atoms with Crippen LogP contribution >= 0.6 is 0 Å². The van der Waals surface area contributed by atoms with Gasteiger partial charge in [-0.3, -0.25) is 19.7 Å². The van der Waals surface area contributed by atoms with Crippen LogP contribution < -0.4 is 10.1 Å². The summed E-state index contributed by atoms with van der Waals surface area (Å²) in [5.41, 5.74) is 1.56. The number of nitrogens with one attached hydrogen (secondary N) is 1. The Morgan fingerprint density at radius 1 is 1.05 bits per heavy atom. The first kappa shape index (κ1) is 24.6. The fourth-order valence-electron chi connectivity index (χ4n) is 9.90. The zero-order valence-corrected chi connectivity index (χ0v) is 22.6. The molecule has 1 N–H and O–H groups in total. The van der Waals surface area contributed by atoms with E-state index in [0.717, 1.165) is 24.2 Å². The molecule has 3 aliphatic carbocycles. The third kappa shape index (κ3) is 3.38. The van der Waals surface area contributed by atoms with Crippen molar-refractivity contribution in [1.29, 1.82) is 0 Å². The number of benzene rings is 1. The molecule has 2 amide bonds. The van der Waals surface area contributed by atoms with Crippen LogP contribution in [-0.2, 0) is 20.8 Å². The quantitative estimate of drug-likeness (QED) is 0.328. The summed E-state index contributed by atoms with van der Waals surface area (Å²) in [6.45, 7) is 15.6. The third-order valence-electron chi connectivity index (χ3n) is 10.8. The van der Waals surface area contributed by atoms with Crippen molar-refractivity contribution in [2.75, 3.05) is 0 Å². The molecule has 2 saturated carbocycles. The maximum Gasteiger partial charge on any atom is 0.237 e. The lowest BCUT2D eigenvalue weighted by molar-refractivity contribution is -0.141. The van der Waals surface area contributed by atoms with Crippen LogP contribution in [0.3, 0.4) is 0 Å². The normalized spacial score (nSPS) is 46.5. The average molecular weight is 502 g/mol. The SMILES string of the molecule is C=C[C@@]1(C)C=C(C)[C@@H]2[C@@H]3[C@H](Oc4ccc(cc4)C[C@@H]4C(=O)NC(=O)[C@@H]4C(=O)[C@H]31)[C@@H]1[C@@H](C)C[C@@H](C)C[C@]12C. The van der Waals surface area contributed by atoms with Gasteiger partial charge >= 0.3 is 0 Å². The fourth-order valence-corrected chi connectivity index (χ4v) is 9.90. The molecule has 1 aromatic rings. The molecular weight excluding hydrogens is 462 g/mol. The summed E-state index contributed by atoms with van der Waals surface area (Å²) in [4.78, 5) is 40.9. The number of imide groups is 1. The van der Waals surface area contributed by atoms with Crippen LogP contribution in [0.15, 0.2) is 48.6 Å². The van der Waals surface area contributed by atoms with Gasteiger partial charge in [-0.15, -0.1) is 6.58 Å². The van der Waals surface area contributed by atoms with Crippen LogP contribution in [0.4, 0.5) is 0 Å². The summed E-state index contributed by atoms with van der Waals surface area (Å²) < 4.78 is 6.95. The van der Waals surface area contributed by atoms with Crippen molar-refractivity contribution >= 4 is 17.6 Å². The lowest BCUT2D eigenvalue weighted by Crippen LogP contribution is -2.51. The zero-order valence-electron chi connectivity index (χ0n) is 22.6. The molecule has 0 radical (unpaired) electrons. The number of ether oxygens (including phenoxy) is 1. The van der Waals surface area contributed by atoms with Crippen molar-refractivity contribution in [2.45, 2.75) is 60.0 Å². The Morgan fingerprint density at radius 2 is 1.76 bits per heavy atom. The van der Waals surface area contributed by atoms with E-state index in [-0.39, 0.29) is 41.0 Å². The number of carbonyl (C=O) groups excluding carboxylic acids is 3. The lowest BCUT2D eigenvalue weighted by Gasteiger charge is -2.50. The molecule has 11 atom stereocenters. The van der Waals surface area contributed by atoms with E-state index in [9.17, 15) is 14.4 Å². The van der Waals surface area contributed by atoms with E-state index < -0.39 is 29.1 Å². The van der Waals surface area contributed by atoms with E-state index in [1.54, 1.807) is 0 Å². The van der Waals surface area contributed by atoms with E-state index in [2.05, 4.69) is 52.6 Å². The summed E-state index contributed by atoms with van der Waals surface area (Å²) in [6.07, 6.45) is 6.53. The number of hydrogen-bond donors (Lipinski definition) is 1. The third-order valence-corrected chi connectivity index (χ3v) is 10.8. The first-order chi connectivity index (χ1) is 17.5. The first-order valence-electron chi connectivity index (χ1n) is 14.0. The number of allylic oxidation sites excluding steroid dienone is 3. The van der Waals surface area contributed by atoms with Crippen LogP contribution in [-0.4, -0.2) is 23.7 Å². The van der Waals surface area contributed by atoms with E-state index in [1.807, 2.05) is 30.3 Å². The molecule has 0 spiro atoms. The van der Waals surface area contributed by atoms with Crippen LogP contribution in [0.5, 0.6) is 5.75 Å². The highest BCUT2D eigenvalue weighted by atomic mass is 16.5. The highest BCUT2D eigenvalue weighted by molar-refractivity contribution is 6.16. The first-order valence-corrected chi connectivity index (χ1v) is 14.0. The second-order valence-electron chi connectivity index (χ2n) is 13.3. The monoisotopic (exact) mass is 501 g/mol. The standard InChI is InChI=1S/C32H39NO4/c1-7-31(5)15-18(4)24-23-26(31)27(34)22-21(29(35)33-30(22)36)13-19-8-10-20(11-9-19)37-28(23)25-17(3)12-16(2)14-32(24,25)6/h7-11,15-17,21-26,28H,1,12-14H2,2-6H3,(H,33,35,36)/t16-,17+,21+,22+,23+,24-,25+,26+,28+,31+,32+/m1/s1. The van der Waals surface area contributed by atoms with E-state index in [1.165, 1.54) is 5.57 Å². The average Bonchev–Trinajstić information content (AvgIpc) is 3.23. The van der Waals surface area contributed by atoms with Gasteiger partial charge in [-0.05, 0) is 67.1 Å². The molecule has 2 bridgehead atoms. The summed E-state index contributed by atoms with van der Waals surface area (Å²) in [5.74, 6) is -0.911. The second kappa shape index (κ2) is 8.15. The molecule has 3 fully saturated rings. The van der Waals surface area contributed by atoms with E-state index in [4.69, 9.17) is 4.74 Å². The molecule has 6 aliphatic rings. The van der Waals surface area contributed by atoms with Gasteiger partial charge in [-0.2, -0.15) is 0 Å². The van der Waals surface area contributed by atoms with Gasteiger partial charge in [0.15, 0.2) is 5.78 Å². The number of fused-ring (bicyclic) bond motifs is 4. The van der Waals surface area contributed by atoms with Crippen molar-refractivity contribution in [1.82, 2.24) is 5.32 Å². The number of hydrogen-bond acceptors (Lipinski definition) is 4. The molecule has 1 aromatic carbocycles. The number of amides is 2. The summed E-state index contributed by atoms with van der Waals surface area (Å²) in [5, 5.41) is 2.49. The number of Topliss-reactive ketones (excluding diaryl/α,β-unsaturated/α-hetero) is 1. The summed E-state index contributed by atoms with van der Waals surface area (Å²) >= 11 is 0. The van der Waals surface area contributed by atoms with Gasteiger partial charge in [-0.1, -0.05) is 57.6 Å². The Bertz CT molecular complexity index is 1220. The predicted octanol–water partition coefficient (Wildman–Crippen LogP) is 5.15. The Balaban J connectivity index is 1.61. The van der Waals surface area contributed by atoms with Gasteiger partial charge in [0, 0.05) is 23.2 Å². The summed E-state index contributed by atoms with van der Waals surface area (Å²) in [7, 11) is 0. The Labute approximate surface area is 220 Å². The van der Waals surface area contributed by atoms with Crippen molar-refractivity contribution in [3.8, 4) is 5.75 Å². The van der Waals surface area contributed by atoms with Crippen molar-refractivity contribution in [3.05, 3.63) is 54.1 Å². The van der Waals surface area contributed by atoms with Gasteiger partial charge < -0.3 is 4.74 Å². The maximum atomic E-state index is 14.7. The highest BCUT2D eigenvalue weighted by Crippen LogP contribution is 2.68. The molecule has 3 heterocycles. The Hall–Kier alpha value is -2.69. The number of carbonyl (C=O) groups is 3. The highest BCUT2D eigenvalue weighted by Gasteiger charge is 2.68. The van der Waals surface area contributed by atoms with Gasteiger partial charge in [0.1, 0.15) is 17.8 Å². The molecule has 1 saturated heterocycles. The number of ketones is 1. The van der Waals surface area contributed by atoms with E-state index in [0.29, 0.717) is 18.3 Å². The molecule has 37 heavy (non-hydrogen) atoms. The van der Waals surface area contributed by atoms with Crippen molar-refractivity contribution < 1.29 is 19.1 Å². The van der Waals surface area contributed by atoms with Crippen LogP contribution in [0.2, 0.25) is 0 Å². The van der Waals surface area contributed by atoms with Gasteiger partial charge in [0.2, 0.25) is 11.8 Å².